The van der Waals surface area contributed by atoms with Crippen LogP contribution >= 0.6 is 0 Å². The van der Waals surface area contributed by atoms with Gasteiger partial charge in [-0.15, -0.1) is 0 Å². The molecule has 0 aromatic carbocycles. The van der Waals surface area contributed by atoms with E-state index in [-0.39, 0.29) is 24.7 Å². The van der Waals surface area contributed by atoms with Crippen molar-refractivity contribution >= 4 is 17.6 Å². The van der Waals surface area contributed by atoms with Crippen molar-refractivity contribution in [1.82, 2.24) is 15.6 Å². The molecule has 1 fully saturated rings. The van der Waals surface area contributed by atoms with E-state index in [9.17, 15) is 9.59 Å². The average Bonchev–Trinajstić information content (AvgIpc) is 2.87. The average molecular weight is 346 g/mol. The van der Waals surface area contributed by atoms with Gasteiger partial charge in [0.15, 0.2) is 0 Å². The smallest absolute Gasteiger partial charge is 0.220 e. The molecule has 3 N–H and O–H groups in total. The first-order chi connectivity index (χ1) is 12.1. The molecular weight excluding hydrogens is 316 g/mol. The lowest BCUT2D eigenvalue weighted by atomic mass is 10.1. The number of carbonyl (C=O) groups is 2. The molecular formula is C19H30N4O2. The van der Waals surface area contributed by atoms with E-state index in [0.29, 0.717) is 19.1 Å². The fourth-order valence-electron chi connectivity index (χ4n) is 3.09. The molecule has 1 aromatic rings. The molecule has 1 aromatic heterocycles. The molecule has 2 amide bonds. The van der Waals surface area contributed by atoms with Crippen LogP contribution in [0.25, 0.3) is 0 Å². The van der Waals surface area contributed by atoms with Crippen molar-refractivity contribution in [3.8, 4) is 0 Å². The third-order valence-corrected chi connectivity index (χ3v) is 4.55. The highest BCUT2D eigenvalue weighted by atomic mass is 16.2. The standard InChI is InChI=1S/C19H30N4O2/c1-15-7-6-12-21-19(15)22-14-13-20-17(24)10-11-18(25)23-16-8-4-2-3-5-9-16/h6-7,12,16H,2-5,8-11,13-14H2,1H3,(H,20,24)(H,21,22)(H,23,25). The van der Waals surface area contributed by atoms with Crippen molar-refractivity contribution in [2.45, 2.75) is 64.3 Å². The first-order valence-electron chi connectivity index (χ1n) is 9.36. The zero-order valence-corrected chi connectivity index (χ0v) is 15.1. The van der Waals surface area contributed by atoms with Crippen molar-refractivity contribution < 1.29 is 9.59 Å². The monoisotopic (exact) mass is 346 g/mol. The number of nitrogens with one attached hydrogen (secondary N) is 3. The number of carbonyl (C=O) groups excluding carboxylic acids is 2. The van der Waals surface area contributed by atoms with Gasteiger partial charge in [-0.2, -0.15) is 0 Å². The number of anilines is 1. The summed E-state index contributed by atoms with van der Waals surface area (Å²) >= 11 is 0. The van der Waals surface area contributed by atoms with E-state index in [2.05, 4.69) is 20.9 Å². The minimum atomic E-state index is -0.0874. The summed E-state index contributed by atoms with van der Waals surface area (Å²) in [6, 6.07) is 4.17. The van der Waals surface area contributed by atoms with Gasteiger partial charge in [-0.3, -0.25) is 9.59 Å². The van der Waals surface area contributed by atoms with Crippen LogP contribution in [0.1, 0.15) is 56.9 Å². The Labute approximate surface area is 150 Å². The Balaban J connectivity index is 1.55. The van der Waals surface area contributed by atoms with E-state index in [0.717, 1.165) is 24.2 Å². The number of aryl methyl sites for hydroxylation is 1. The van der Waals surface area contributed by atoms with Crippen molar-refractivity contribution in [2.75, 3.05) is 18.4 Å². The van der Waals surface area contributed by atoms with Crippen LogP contribution in [0.3, 0.4) is 0 Å². The van der Waals surface area contributed by atoms with Crippen LogP contribution in [0.15, 0.2) is 18.3 Å². The topological polar surface area (TPSA) is 83.1 Å². The van der Waals surface area contributed by atoms with Crippen LogP contribution in [0, 0.1) is 6.92 Å². The lowest BCUT2D eigenvalue weighted by Gasteiger charge is -2.16. The van der Waals surface area contributed by atoms with Crippen LogP contribution in [0.4, 0.5) is 5.82 Å². The number of rotatable bonds is 8. The van der Waals surface area contributed by atoms with Gasteiger partial charge in [0.2, 0.25) is 11.8 Å². The lowest BCUT2D eigenvalue weighted by Crippen LogP contribution is -2.35. The molecule has 0 bridgehead atoms. The van der Waals surface area contributed by atoms with Gasteiger partial charge >= 0.3 is 0 Å². The molecule has 1 saturated carbocycles. The fraction of sp³-hybridized carbons (Fsp3) is 0.632. The van der Waals surface area contributed by atoms with Crippen molar-refractivity contribution in [3.05, 3.63) is 23.9 Å². The van der Waals surface area contributed by atoms with Gasteiger partial charge in [0.05, 0.1) is 0 Å². The Bertz CT molecular complexity index is 554. The van der Waals surface area contributed by atoms with Gasteiger partial charge < -0.3 is 16.0 Å². The van der Waals surface area contributed by atoms with Gasteiger partial charge in [-0.05, 0) is 31.4 Å². The Morgan fingerprint density at radius 1 is 1.08 bits per heavy atom. The van der Waals surface area contributed by atoms with Crippen LogP contribution in [-0.2, 0) is 9.59 Å². The molecule has 0 spiro atoms. The molecule has 0 aliphatic heterocycles. The number of nitrogens with zero attached hydrogens (tertiary/aromatic N) is 1. The fourth-order valence-corrected chi connectivity index (χ4v) is 3.09. The van der Waals surface area contributed by atoms with E-state index >= 15 is 0 Å². The van der Waals surface area contributed by atoms with E-state index in [1.54, 1.807) is 6.20 Å². The third kappa shape index (κ3) is 7.54. The highest BCUT2D eigenvalue weighted by molar-refractivity contribution is 5.83. The molecule has 0 unspecified atom stereocenters. The predicted octanol–water partition coefficient (Wildman–Crippen LogP) is 2.54. The summed E-state index contributed by atoms with van der Waals surface area (Å²) in [6.45, 7) is 3.11. The van der Waals surface area contributed by atoms with Crippen molar-refractivity contribution in [3.63, 3.8) is 0 Å². The number of amides is 2. The Morgan fingerprint density at radius 3 is 2.52 bits per heavy atom. The quantitative estimate of drug-likeness (QED) is 0.499. The lowest BCUT2D eigenvalue weighted by molar-refractivity contribution is -0.126. The minimum absolute atomic E-state index is 0.00992. The Morgan fingerprint density at radius 2 is 1.80 bits per heavy atom. The maximum Gasteiger partial charge on any atom is 0.220 e. The second-order valence-corrected chi connectivity index (χ2v) is 6.70. The molecule has 0 saturated heterocycles. The number of pyridine rings is 1. The summed E-state index contributed by atoms with van der Waals surface area (Å²) < 4.78 is 0. The maximum atomic E-state index is 12.0. The molecule has 1 aliphatic rings. The molecule has 1 aliphatic carbocycles. The highest BCUT2D eigenvalue weighted by Gasteiger charge is 2.15. The SMILES string of the molecule is Cc1cccnc1NCCNC(=O)CCC(=O)NC1CCCCCC1. The van der Waals surface area contributed by atoms with Gasteiger partial charge in [-0.25, -0.2) is 4.98 Å². The zero-order chi connectivity index (χ0) is 17.9. The summed E-state index contributed by atoms with van der Waals surface area (Å²) in [4.78, 5) is 28.0. The molecule has 2 rings (SSSR count). The second-order valence-electron chi connectivity index (χ2n) is 6.70. The molecule has 6 heteroatoms. The van der Waals surface area contributed by atoms with Crippen molar-refractivity contribution in [2.24, 2.45) is 0 Å². The van der Waals surface area contributed by atoms with Crippen molar-refractivity contribution in [1.29, 1.82) is 0 Å². The second kappa shape index (κ2) is 10.7. The van der Waals surface area contributed by atoms with E-state index in [4.69, 9.17) is 0 Å². The molecule has 1 heterocycles. The Hall–Kier alpha value is -2.11. The third-order valence-electron chi connectivity index (χ3n) is 4.55. The largest absolute Gasteiger partial charge is 0.368 e. The van der Waals surface area contributed by atoms with Crippen LogP contribution in [-0.4, -0.2) is 35.9 Å². The first-order valence-corrected chi connectivity index (χ1v) is 9.36. The molecule has 0 radical (unpaired) electrons. The minimum Gasteiger partial charge on any atom is -0.368 e. The first kappa shape index (κ1) is 19.2. The molecule has 0 atom stereocenters. The molecule has 138 valence electrons. The molecule has 6 nitrogen and oxygen atoms in total. The van der Waals surface area contributed by atoms with E-state index in [1.165, 1.54) is 25.7 Å². The van der Waals surface area contributed by atoms with Crippen LogP contribution in [0.5, 0.6) is 0 Å². The summed E-state index contributed by atoms with van der Waals surface area (Å²) in [7, 11) is 0. The maximum absolute atomic E-state index is 12.0. The van der Waals surface area contributed by atoms with Gasteiger partial charge in [0.25, 0.3) is 0 Å². The van der Waals surface area contributed by atoms with Gasteiger partial charge in [-0.1, -0.05) is 31.7 Å². The van der Waals surface area contributed by atoms with Gasteiger partial charge in [0, 0.05) is 38.2 Å². The number of hydrogen-bond acceptors (Lipinski definition) is 4. The molecule has 25 heavy (non-hydrogen) atoms. The Kier molecular flexibility index (Phi) is 8.22. The predicted molar refractivity (Wildman–Crippen MR) is 99.3 cm³/mol. The zero-order valence-electron chi connectivity index (χ0n) is 15.1. The van der Waals surface area contributed by atoms with Crippen LogP contribution < -0.4 is 16.0 Å². The number of hydrogen-bond donors (Lipinski definition) is 3. The number of aromatic nitrogens is 1. The summed E-state index contributed by atoms with van der Waals surface area (Å²) in [5.74, 6) is 0.736. The van der Waals surface area contributed by atoms with Crippen LogP contribution in [0.2, 0.25) is 0 Å². The van der Waals surface area contributed by atoms with E-state index in [1.807, 2.05) is 19.1 Å². The highest BCUT2D eigenvalue weighted by Crippen LogP contribution is 2.17. The summed E-state index contributed by atoms with van der Waals surface area (Å²) in [6.07, 6.45) is 9.27. The summed E-state index contributed by atoms with van der Waals surface area (Å²) in [5.41, 5.74) is 1.07. The van der Waals surface area contributed by atoms with E-state index < -0.39 is 0 Å². The van der Waals surface area contributed by atoms with Gasteiger partial charge in [0.1, 0.15) is 5.82 Å². The summed E-state index contributed by atoms with van der Waals surface area (Å²) in [5, 5.41) is 9.09. The normalized spacial score (nSPS) is 15.2.